The molecular weight excluding hydrogens is 542 g/mol. The normalized spacial score (nSPS) is 27.9. The number of hydrogen-bond acceptors (Lipinski definition) is 5. The van der Waals surface area contributed by atoms with E-state index in [2.05, 4.69) is 13.2 Å². The van der Waals surface area contributed by atoms with Crippen LogP contribution in [0.3, 0.4) is 0 Å². The lowest BCUT2D eigenvalue weighted by atomic mass is 9.66. The van der Waals surface area contributed by atoms with Crippen LogP contribution in [0.4, 0.5) is 5.69 Å². The third kappa shape index (κ3) is 4.78. The summed E-state index contributed by atoms with van der Waals surface area (Å²) in [6.45, 7) is 9.96. The van der Waals surface area contributed by atoms with Gasteiger partial charge in [-0.1, -0.05) is 66.2 Å². The number of likely N-dealkylation sites (tertiary alicyclic amines) is 1. The van der Waals surface area contributed by atoms with Gasteiger partial charge in [-0.05, 0) is 37.5 Å². The molecule has 2 aromatic carbocycles. The molecule has 216 valence electrons. The quantitative estimate of drug-likeness (QED) is 0.410. The summed E-state index contributed by atoms with van der Waals surface area (Å²) in [5.41, 5.74) is -0.697. The molecule has 41 heavy (non-hydrogen) atoms. The molecule has 1 N–H and O–H groups in total. The van der Waals surface area contributed by atoms with Gasteiger partial charge in [0.1, 0.15) is 11.6 Å². The van der Waals surface area contributed by atoms with Gasteiger partial charge in [0.25, 0.3) is 5.91 Å². The van der Waals surface area contributed by atoms with E-state index in [4.69, 9.17) is 16.3 Å². The fourth-order valence-corrected chi connectivity index (χ4v) is 7.31. The molecule has 3 aliphatic rings. The van der Waals surface area contributed by atoms with Gasteiger partial charge >= 0.3 is 0 Å². The van der Waals surface area contributed by atoms with Gasteiger partial charge in [0, 0.05) is 26.2 Å². The summed E-state index contributed by atoms with van der Waals surface area (Å²) < 4.78 is 6.74. The highest BCUT2D eigenvalue weighted by Crippen LogP contribution is 2.63. The molecule has 5 rings (SSSR count). The number of carbonyl (C=O) groups excluding carboxylic acids is 3. The SMILES string of the molecule is C=CCN(Cc1ccccc1)C(=O)[C@@H]1[C@H]2C(=O)N(CCO)C(C(=O)N(CC=C)c3ccccc3Cl)C23CC[C@@]1(C)O3. The second kappa shape index (κ2) is 11.4. The Hall–Kier alpha value is -3.46. The van der Waals surface area contributed by atoms with E-state index in [0.29, 0.717) is 36.6 Å². The second-order valence-corrected chi connectivity index (χ2v) is 11.6. The van der Waals surface area contributed by atoms with E-state index in [-0.39, 0.29) is 37.4 Å². The van der Waals surface area contributed by atoms with Crippen molar-refractivity contribution >= 4 is 35.0 Å². The second-order valence-electron chi connectivity index (χ2n) is 11.2. The predicted molar refractivity (Wildman–Crippen MR) is 157 cm³/mol. The van der Waals surface area contributed by atoms with Crippen molar-refractivity contribution in [2.75, 3.05) is 31.1 Å². The molecule has 2 unspecified atom stereocenters. The van der Waals surface area contributed by atoms with Gasteiger partial charge in [-0.2, -0.15) is 0 Å². The molecule has 9 heteroatoms. The van der Waals surface area contributed by atoms with Crippen LogP contribution in [-0.2, 0) is 25.7 Å². The fraction of sp³-hybridized carbons (Fsp3) is 0.406. The van der Waals surface area contributed by atoms with Crippen LogP contribution >= 0.6 is 11.6 Å². The number of rotatable bonds is 11. The van der Waals surface area contributed by atoms with Crippen LogP contribution in [0, 0.1) is 11.8 Å². The molecule has 3 heterocycles. The molecule has 0 radical (unpaired) electrons. The van der Waals surface area contributed by atoms with Crippen LogP contribution in [0.2, 0.25) is 5.02 Å². The Balaban J connectivity index is 1.55. The first-order chi connectivity index (χ1) is 19.7. The lowest BCUT2D eigenvalue weighted by molar-refractivity contribution is -0.150. The van der Waals surface area contributed by atoms with Gasteiger partial charge in [-0.3, -0.25) is 14.4 Å². The fourth-order valence-electron chi connectivity index (χ4n) is 7.07. The van der Waals surface area contributed by atoms with E-state index in [1.165, 1.54) is 9.80 Å². The standard InChI is InChI=1S/C32H36ClN3O5/c1-4-17-34(21-22-11-7-6-8-12-22)28(38)25-26-29(39)36(19-20-37)27(32(26)16-15-31(25,3)41-32)30(40)35(18-5-2)24-14-10-9-13-23(24)33/h4-14,25-27,37H,1-2,15-21H2,3H3/t25-,26-,27?,31+,32?/m0/s1. The summed E-state index contributed by atoms with van der Waals surface area (Å²) in [6.07, 6.45) is 4.23. The maximum absolute atomic E-state index is 14.5. The van der Waals surface area contributed by atoms with Gasteiger partial charge in [0.2, 0.25) is 11.8 Å². The van der Waals surface area contributed by atoms with Crippen LogP contribution in [-0.4, -0.2) is 76.1 Å². The molecule has 1 spiro atoms. The number of nitrogens with zero attached hydrogens (tertiary/aromatic N) is 3. The van der Waals surface area contributed by atoms with E-state index >= 15 is 0 Å². The smallest absolute Gasteiger partial charge is 0.253 e. The van der Waals surface area contributed by atoms with Crippen LogP contribution in [0.1, 0.15) is 25.3 Å². The van der Waals surface area contributed by atoms with Crippen molar-refractivity contribution in [1.82, 2.24) is 9.80 Å². The Morgan fingerprint density at radius 3 is 2.41 bits per heavy atom. The molecular formula is C32H36ClN3O5. The Morgan fingerprint density at radius 2 is 1.76 bits per heavy atom. The molecule has 3 saturated heterocycles. The number of carbonyl (C=O) groups is 3. The van der Waals surface area contributed by atoms with Crippen molar-refractivity contribution in [3.8, 4) is 0 Å². The average Bonchev–Trinajstić information content (AvgIpc) is 3.53. The number of aliphatic hydroxyl groups is 1. The minimum Gasteiger partial charge on any atom is -0.395 e. The average molecular weight is 578 g/mol. The maximum Gasteiger partial charge on any atom is 0.253 e. The van der Waals surface area contributed by atoms with Gasteiger partial charge in [-0.25, -0.2) is 0 Å². The van der Waals surface area contributed by atoms with Crippen molar-refractivity contribution in [3.05, 3.63) is 90.5 Å². The summed E-state index contributed by atoms with van der Waals surface area (Å²) in [7, 11) is 0. The first kappa shape index (κ1) is 29.0. The molecule has 3 amide bonds. The predicted octanol–water partition coefficient (Wildman–Crippen LogP) is 3.83. The summed E-state index contributed by atoms with van der Waals surface area (Å²) in [5.74, 6) is -2.60. The number of ether oxygens (including phenoxy) is 1. The monoisotopic (exact) mass is 577 g/mol. The Bertz CT molecular complexity index is 1350. The molecule has 0 saturated carbocycles. The first-order valence-electron chi connectivity index (χ1n) is 13.9. The van der Waals surface area contributed by atoms with Crippen molar-refractivity contribution in [2.24, 2.45) is 11.8 Å². The molecule has 8 nitrogen and oxygen atoms in total. The van der Waals surface area contributed by atoms with E-state index < -0.39 is 29.1 Å². The van der Waals surface area contributed by atoms with Crippen molar-refractivity contribution in [1.29, 1.82) is 0 Å². The summed E-state index contributed by atoms with van der Waals surface area (Å²) >= 11 is 6.50. The van der Waals surface area contributed by atoms with Crippen LogP contribution in [0.5, 0.6) is 0 Å². The number of β-amino-alcohol motifs (C(OH)–C–C–N with tert-alkyl or cyclic N) is 1. The minimum absolute atomic E-state index is 0.0562. The third-order valence-corrected chi connectivity index (χ3v) is 9.04. The number of para-hydroxylation sites is 1. The lowest BCUT2D eigenvalue weighted by Crippen LogP contribution is -2.57. The minimum atomic E-state index is -1.22. The highest BCUT2D eigenvalue weighted by atomic mass is 35.5. The van der Waals surface area contributed by atoms with Crippen LogP contribution < -0.4 is 4.90 Å². The molecule has 0 aliphatic carbocycles. The summed E-state index contributed by atoms with van der Waals surface area (Å²) in [5, 5.41) is 10.3. The van der Waals surface area contributed by atoms with Crippen LogP contribution in [0.15, 0.2) is 79.9 Å². The van der Waals surface area contributed by atoms with Crippen molar-refractivity contribution in [2.45, 2.75) is 43.6 Å². The zero-order valence-electron chi connectivity index (χ0n) is 23.2. The van der Waals surface area contributed by atoms with E-state index in [0.717, 1.165) is 5.56 Å². The van der Waals surface area contributed by atoms with Gasteiger partial charge in [0.05, 0.1) is 34.8 Å². The Morgan fingerprint density at radius 1 is 1.07 bits per heavy atom. The van der Waals surface area contributed by atoms with Crippen molar-refractivity contribution in [3.63, 3.8) is 0 Å². The van der Waals surface area contributed by atoms with Gasteiger partial charge in [0.15, 0.2) is 0 Å². The zero-order valence-corrected chi connectivity index (χ0v) is 24.0. The molecule has 2 aromatic rings. The number of aliphatic hydroxyl groups excluding tert-OH is 1. The highest BCUT2D eigenvalue weighted by molar-refractivity contribution is 6.34. The summed E-state index contributed by atoms with van der Waals surface area (Å²) in [6, 6.07) is 15.6. The molecule has 5 atom stereocenters. The number of fused-ring (bicyclic) bond motifs is 1. The third-order valence-electron chi connectivity index (χ3n) is 8.72. The maximum atomic E-state index is 14.5. The van der Waals surface area contributed by atoms with Crippen LogP contribution in [0.25, 0.3) is 0 Å². The van der Waals surface area contributed by atoms with Gasteiger partial charge < -0.3 is 24.5 Å². The number of amides is 3. The number of anilines is 1. The first-order valence-corrected chi connectivity index (χ1v) is 14.3. The molecule has 2 bridgehead atoms. The molecule has 3 aliphatic heterocycles. The largest absolute Gasteiger partial charge is 0.395 e. The zero-order chi connectivity index (χ0) is 29.4. The van der Waals surface area contributed by atoms with E-state index in [1.54, 1.807) is 41.3 Å². The molecule has 3 fully saturated rings. The Labute approximate surface area is 245 Å². The van der Waals surface area contributed by atoms with E-state index in [1.807, 2.05) is 37.3 Å². The Kier molecular flexibility index (Phi) is 8.10. The number of hydrogen-bond donors (Lipinski definition) is 1. The highest BCUT2D eigenvalue weighted by Gasteiger charge is 2.78. The number of halogens is 1. The van der Waals surface area contributed by atoms with Gasteiger partial charge in [-0.15, -0.1) is 13.2 Å². The topological polar surface area (TPSA) is 90.4 Å². The number of benzene rings is 2. The summed E-state index contributed by atoms with van der Waals surface area (Å²) in [4.78, 5) is 47.6. The van der Waals surface area contributed by atoms with Crippen molar-refractivity contribution < 1.29 is 24.2 Å². The lowest BCUT2D eigenvalue weighted by Gasteiger charge is -2.37. The molecule has 0 aromatic heterocycles. The van der Waals surface area contributed by atoms with E-state index in [9.17, 15) is 19.5 Å².